The Hall–Kier alpha value is -3.00. The summed E-state index contributed by atoms with van der Waals surface area (Å²) in [5.74, 6) is 2.57. The van der Waals surface area contributed by atoms with Gasteiger partial charge in [0, 0.05) is 24.0 Å². The van der Waals surface area contributed by atoms with Crippen molar-refractivity contribution in [2.75, 3.05) is 5.32 Å². The molecule has 2 rings (SSSR count). The van der Waals surface area contributed by atoms with Gasteiger partial charge in [-0.1, -0.05) is 17.1 Å². The Kier molecular flexibility index (Phi) is 4.20. The van der Waals surface area contributed by atoms with Crippen molar-refractivity contribution in [2.45, 2.75) is 6.54 Å². The summed E-state index contributed by atoms with van der Waals surface area (Å²) < 4.78 is 0. The lowest BCUT2D eigenvalue weighted by Crippen LogP contribution is -2.15. The zero-order chi connectivity index (χ0) is 14.4. The first-order valence-electron chi connectivity index (χ1n) is 5.96. The zero-order valence-electron chi connectivity index (χ0n) is 10.7. The van der Waals surface area contributed by atoms with E-state index in [1.54, 1.807) is 12.3 Å². The maximum atomic E-state index is 8.63. The predicted molar refractivity (Wildman–Crippen MR) is 78.5 cm³/mol. The van der Waals surface area contributed by atoms with Gasteiger partial charge in [0.1, 0.15) is 5.69 Å². The first kappa shape index (κ1) is 13.4. The van der Waals surface area contributed by atoms with Crippen LogP contribution in [0.4, 0.5) is 5.69 Å². The molecule has 0 radical (unpaired) electrons. The fraction of sp³-hybridized carbons (Fsp3) is 0.0667. The number of aromatic nitrogens is 1. The summed E-state index contributed by atoms with van der Waals surface area (Å²) >= 11 is 0. The van der Waals surface area contributed by atoms with E-state index in [0.29, 0.717) is 12.2 Å². The molecule has 20 heavy (non-hydrogen) atoms. The maximum absolute atomic E-state index is 8.63. The van der Waals surface area contributed by atoms with Crippen LogP contribution >= 0.6 is 0 Å². The van der Waals surface area contributed by atoms with Gasteiger partial charge in [0.05, 0.1) is 0 Å². The molecule has 5 heteroatoms. The van der Waals surface area contributed by atoms with Crippen LogP contribution in [0.1, 0.15) is 16.8 Å². The van der Waals surface area contributed by atoms with E-state index in [9.17, 15) is 0 Å². The van der Waals surface area contributed by atoms with E-state index < -0.39 is 0 Å². The van der Waals surface area contributed by atoms with Crippen molar-refractivity contribution in [2.24, 2.45) is 10.9 Å². The fourth-order valence-corrected chi connectivity index (χ4v) is 1.70. The predicted octanol–water partition coefficient (Wildman–Crippen LogP) is 1.77. The lowest BCUT2D eigenvalue weighted by Gasteiger charge is -2.08. The molecule has 0 aliphatic carbocycles. The van der Waals surface area contributed by atoms with E-state index in [2.05, 4.69) is 21.4 Å². The number of anilines is 1. The minimum absolute atomic E-state index is 0.0128. The van der Waals surface area contributed by atoms with Crippen LogP contribution in [-0.2, 0) is 6.54 Å². The van der Waals surface area contributed by atoms with Gasteiger partial charge in [-0.15, -0.1) is 6.42 Å². The van der Waals surface area contributed by atoms with Gasteiger partial charge in [-0.2, -0.15) is 0 Å². The van der Waals surface area contributed by atoms with Gasteiger partial charge in [0.25, 0.3) is 0 Å². The summed E-state index contributed by atoms with van der Waals surface area (Å²) in [5, 5.41) is 14.8. The van der Waals surface area contributed by atoms with Crippen LogP contribution in [0.25, 0.3) is 0 Å². The lowest BCUT2D eigenvalue weighted by atomic mass is 10.2. The summed E-state index contributed by atoms with van der Waals surface area (Å²) in [6.07, 6.45) is 6.97. The molecule has 4 N–H and O–H groups in total. The Morgan fingerprint density at radius 1 is 1.40 bits per heavy atom. The molecule has 0 unspecified atom stereocenters. The summed E-state index contributed by atoms with van der Waals surface area (Å²) in [4.78, 5) is 4.02. The highest BCUT2D eigenvalue weighted by Crippen LogP contribution is 2.11. The third-order valence-corrected chi connectivity index (χ3v) is 2.72. The number of nitrogens with two attached hydrogens (primary N) is 1. The molecule has 100 valence electrons. The first-order chi connectivity index (χ1) is 9.72. The molecule has 0 saturated heterocycles. The molecule has 0 bridgehead atoms. The average Bonchev–Trinajstić information content (AvgIpc) is 2.52. The van der Waals surface area contributed by atoms with Gasteiger partial charge in [-0.05, 0) is 35.9 Å². The minimum atomic E-state index is -0.0128. The van der Waals surface area contributed by atoms with Crippen molar-refractivity contribution in [1.29, 1.82) is 0 Å². The van der Waals surface area contributed by atoms with Gasteiger partial charge >= 0.3 is 0 Å². The van der Waals surface area contributed by atoms with Crippen LogP contribution in [0, 0.1) is 12.3 Å². The molecule has 0 amide bonds. The van der Waals surface area contributed by atoms with Crippen molar-refractivity contribution >= 4 is 11.5 Å². The number of benzene rings is 1. The van der Waals surface area contributed by atoms with E-state index in [1.165, 1.54) is 0 Å². The van der Waals surface area contributed by atoms with Crippen LogP contribution in [-0.4, -0.2) is 16.0 Å². The second-order valence-corrected chi connectivity index (χ2v) is 4.11. The van der Waals surface area contributed by atoms with E-state index in [1.807, 2.05) is 30.3 Å². The highest BCUT2D eigenvalue weighted by Gasteiger charge is 2.02. The van der Waals surface area contributed by atoms with Crippen LogP contribution in [0.15, 0.2) is 47.8 Å². The summed E-state index contributed by atoms with van der Waals surface area (Å²) in [6.45, 7) is 0.586. The highest BCUT2D eigenvalue weighted by molar-refractivity contribution is 5.95. The lowest BCUT2D eigenvalue weighted by molar-refractivity contribution is 0.318. The minimum Gasteiger partial charge on any atom is -0.409 e. The van der Waals surface area contributed by atoms with Crippen molar-refractivity contribution in [3.63, 3.8) is 0 Å². The fourth-order valence-electron chi connectivity index (χ4n) is 1.70. The average molecular weight is 266 g/mol. The molecule has 0 atom stereocenters. The Balaban J connectivity index is 2.09. The summed E-state index contributed by atoms with van der Waals surface area (Å²) in [6, 6.07) is 11.2. The maximum Gasteiger partial charge on any atom is 0.188 e. The van der Waals surface area contributed by atoms with Crippen LogP contribution in [0.5, 0.6) is 0 Å². The number of terminal acetylenes is 1. The number of nitrogens with zero attached hydrogens (tertiary/aromatic N) is 2. The van der Waals surface area contributed by atoms with Gasteiger partial charge in [0.2, 0.25) is 0 Å². The Labute approximate surface area is 117 Å². The molecular weight excluding hydrogens is 252 g/mol. The number of rotatable bonds is 4. The van der Waals surface area contributed by atoms with Crippen LogP contribution in [0.3, 0.4) is 0 Å². The van der Waals surface area contributed by atoms with Gasteiger partial charge in [0.15, 0.2) is 5.84 Å². The summed E-state index contributed by atoms with van der Waals surface area (Å²) in [7, 11) is 0. The quantitative estimate of drug-likeness (QED) is 0.259. The number of amidine groups is 1. The van der Waals surface area contributed by atoms with Crippen molar-refractivity contribution in [3.8, 4) is 12.3 Å². The van der Waals surface area contributed by atoms with Crippen molar-refractivity contribution in [1.82, 2.24) is 4.98 Å². The van der Waals surface area contributed by atoms with E-state index in [0.717, 1.165) is 16.8 Å². The van der Waals surface area contributed by atoms with Gasteiger partial charge < -0.3 is 16.3 Å². The Morgan fingerprint density at radius 3 is 3.00 bits per heavy atom. The number of pyridine rings is 1. The number of nitrogens with one attached hydrogen (secondary N) is 1. The van der Waals surface area contributed by atoms with E-state index in [-0.39, 0.29) is 5.84 Å². The molecule has 2 aromatic rings. The van der Waals surface area contributed by atoms with Crippen molar-refractivity contribution < 1.29 is 5.21 Å². The zero-order valence-corrected chi connectivity index (χ0v) is 10.7. The molecule has 1 heterocycles. The molecule has 0 aliphatic rings. The smallest absolute Gasteiger partial charge is 0.188 e. The molecule has 1 aromatic carbocycles. The molecule has 1 aromatic heterocycles. The SMILES string of the molecule is C#Cc1cccc(NCc2ccnc(C(N)=NO)c2)c1. The van der Waals surface area contributed by atoms with Gasteiger partial charge in [-0.3, -0.25) is 4.98 Å². The van der Waals surface area contributed by atoms with Crippen LogP contribution in [0.2, 0.25) is 0 Å². The third kappa shape index (κ3) is 3.27. The number of hydrogen-bond acceptors (Lipinski definition) is 4. The van der Waals surface area contributed by atoms with E-state index in [4.69, 9.17) is 17.4 Å². The monoisotopic (exact) mass is 266 g/mol. The first-order valence-corrected chi connectivity index (χ1v) is 5.96. The van der Waals surface area contributed by atoms with Gasteiger partial charge in [-0.25, -0.2) is 0 Å². The standard InChI is InChI=1S/C15H14N4O/c1-2-11-4-3-5-13(8-11)18-10-12-6-7-17-14(9-12)15(16)19-20/h1,3-9,18,20H,10H2,(H2,16,19). The molecule has 0 aliphatic heterocycles. The summed E-state index contributed by atoms with van der Waals surface area (Å²) in [5.41, 5.74) is 8.66. The second-order valence-electron chi connectivity index (χ2n) is 4.11. The van der Waals surface area contributed by atoms with E-state index >= 15 is 0 Å². The molecular formula is C15H14N4O. The molecule has 0 fully saturated rings. The number of hydrogen-bond donors (Lipinski definition) is 3. The molecule has 5 nitrogen and oxygen atoms in total. The number of oxime groups is 1. The Morgan fingerprint density at radius 2 is 2.25 bits per heavy atom. The molecule has 0 spiro atoms. The normalized spacial score (nSPS) is 10.8. The highest BCUT2D eigenvalue weighted by atomic mass is 16.4. The van der Waals surface area contributed by atoms with Crippen LogP contribution < -0.4 is 11.1 Å². The third-order valence-electron chi connectivity index (χ3n) is 2.72. The second kappa shape index (κ2) is 6.25. The largest absolute Gasteiger partial charge is 0.409 e. The van der Waals surface area contributed by atoms with Crippen molar-refractivity contribution in [3.05, 3.63) is 59.4 Å². The topological polar surface area (TPSA) is 83.5 Å². The Bertz CT molecular complexity index is 674. The molecule has 0 saturated carbocycles.